The number of hydrogen-bond donors (Lipinski definition) is 2. The molecule has 0 aliphatic heterocycles. The van der Waals surface area contributed by atoms with Crippen LogP contribution in [0.1, 0.15) is 33.2 Å². The summed E-state index contributed by atoms with van der Waals surface area (Å²) in [6.45, 7) is 3.83. The zero-order valence-corrected chi connectivity index (χ0v) is 12.3. The van der Waals surface area contributed by atoms with E-state index in [9.17, 15) is 14.7 Å². The number of hydrogen-bond acceptors (Lipinski definition) is 4. The minimum atomic E-state index is -1.06. The van der Waals surface area contributed by atoms with Gasteiger partial charge >= 0.3 is 11.7 Å². The molecule has 1 unspecified atom stereocenters. The Hall–Kier alpha value is -2.41. The molecule has 0 fully saturated rings. The molecule has 2 N–H and O–H groups in total. The monoisotopic (exact) mass is 303 g/mol. The highest BCUT2D eigenvalue weighted by molar-refractivity contribution is 7.11. The SMILES string of the molecule is Cc1cnc(C(C)n2c(=O)[nH]c3c(C(=O)O)cccc32)s1. The van der Waals surface area contributed by atoms with Gasteiger partial charge in [0.1, 0.15) is 5.01 Å². The Balaban J connectivity index is 2.24. The highest BCUT2D eigenvalue weighted by Gasteiger charge is 2.20. The van der Waals surface area contributed by atoms with Gasteiger partial charge in [0.05, 0.1) is 22.6 Å². The number of para-hydroxylation sites is 1. The average Bonchev–Trinajstić information content (AvgIpc) is 3.00. The highest BCUT2D eigenvalue weighted by Crippen LogP contribution is 2.25. The molecule has 7 heteroatoms. The van der Waals surface area contributed by atoms with Gasteiger partial charge in [-0.05, 0) is 26.0 Å². The number of carbonyl (C=O) groups is 1. The molecule has 1 atom stereocenters. The zero-order chi connectivity index (χ0) is 15.1. The summed E-state index contributed by atoms with van der Waals surface area (Å²) in [6.07, 6.45) is 1.76. The Morgan fingerprint density at radius 3 is 2.86 bits per heavy atom. The summed E-state index contributed by atoms with van der Waals surface area (Å²) in [5, 5.41) is 10.0. The minimum Gasteiger partial charge on any atom is -0.478 e. The number of benzene rings is 1. The summed E-state index contributed by atoms with van der Waals surface area (Å²) in [6, 6.07) is 4.59. The molecule has 3 rings (SSSR count). The predicted octanol–water partition coefficient (Wildman–Crippen LogP) is 2.40. The molecule has 0 amide bonds. The first-order valence-corrected chi connectivity index (χ1v) is 7.19. The van der Waals surface area contributed by atoms with Gasteiger partial charge in [0.15, 0.2) is 0 Å². The molecule has 0 saturated carbocycles. The van der Waals surface area contributed by atoms with Crippen molar-refractivity contribution in [3.05, 3.63) is 50.3 Å². The summed E-state index contributed by atoms with van der Waals surface area (Å²) in [5.74, 6) is -1.06. The van der Waals surface area contributed by atoms with E-state index in [4.69, 9.17) is 0 Å². The first-order chi connectivity index (χ1) is 9.99. The average molecular weight is 303 g/mol. The van der Waals surface area contributed by atoms with Crippen LogP contribution in [0.25, 0.3) is 11.0 Å². The van der Waals surface area contributed by atoms with Crippen molar-refractivity contribution in [1.29, 1.82) is 0 Å². The summed E-state index contributed by atoms with van der Waals surface area (Å²) in [7, 11) is 0. The Morgan fingerprint density at radius 2 is 2.24 bits per heavy atom. The number of thiazole rings is 1. The Labute approximate surface area is 123 Å². The number of aromatic carboxylic acids is 1. The van der Waals surface area contributed by atoms with Crippen molar-refractivity contribution in [3.63, 3.8) is 0 Å². The summed E-state index contributed by atoms with van der Waals surface area (Å²) in [4.78, 5) is 31.5. The van der Waals surface area contributed by atoms with Gasteiger partial charge in [-0.15, -0.1) is 11.3 Å². The highest BCUT2D eigenvalue weighted by atomic mass is 32.1. The van der Waals surface area contributed by atoms with Crippen LogP contribution < -0.4 is 5.69 Å². The third-order valence-corrected chi connectivity index (χ3v) is 4.45. The molecule has 2 aromatic heterocycles. The number of imidazole rings is 1. The molecule has 108 valence electrons. The molecule has 0 aliphatic rings. The van der Waals surface area contributed by atoms with Gasteiger partial charge in [-0.2, -0.15) is 0 Å². The number of aromatic nitrogens is 3. The fourth-order valence-corrected chi connectivity index (χ4v) is 3.20. The van der Waals surface area contributed by atoms with E-state index in [0.717, 1.165) is 9.88 Å². The lowest BCUT2D eigenvalue weighted by Gasteiger charge is -2.10. The molecule has 0 aliphatic carbocycles. The smallest absolute Gasteiger partial charge is 0.337 e. The Morgan fingerprint density at radius 1 is 1.48 bits per heavy atom. The summed E-state index contributed by atoms with van der Waals surface area (Å²) < 4.78 is 1.54. The fraction of sp³-hybridized carbons (Fsp3) is 0.214. The lowest BCUT2D eigenvalue weighted by molar-refractivity contribution is 0.0699. The van der Waals surface area contributed by atoms with Gasteiger partial charge in [0.25, 0.3) is 0 Å². The number of aromatic amines is 1. The number of H-pyrrole nitrogens is 1. The molecule has 1 aromatic carbocycles. The molecule has 2 heterocycles. The van der Waals surface area contributed by atoms with Crippen LogP contribution in [0.5, 0.6) is 0 Å². The second-order valence-corrected chi connectivity index (χ2v) is 6.06. The van der Waals surface area contributed by atoms with Crippen LogP contribution in [0.15, 0.2) is 29.2 Å². The van der Waals surface area contributed by atoms with Crippen molar-refractivity contribution in [1.82, 2.24) is 14.5 Å². The molecular weight excluding hydrogens is 290 g/mol. The first-order valence-electron chi connectivity index (χ1n) is 6.38. The molecule has 21 heavy (non-hydrogen) atoms. The van der Waals surface area contributed by atoms with Gasteiger partial charge in [-0.3, -0.25) is 4.57 Å². The van der Waals surface area contributed by atoms with Crippen LogP contribution in [0.4, 0.5) is 0 Å². The zero-order valence-electron chi connectivity index (χ0n) is 11.5. The third kappa shape index (κ3) is 2.15. The third-order valence-electron chi connectivity index (χ3n) is 3.37. The van der Waals surface area contributed by atoms with Crippen LogP contribution in [-0.2, 0) is 0 Å². The van der Waals surface area contributed by atoms with Crippen LogP contribution in [-0.4, -0.2) is 25.6 Å². The molecule has 0 bridgehead atoms. The van der Waals surface area contributed by atoms with E-state index in [-0.39, 0.29) is 17.3 Å². The standard InChI is InChI=1S/C14H13N3O3S/c1-7-6-15-12(21-7)8(2)17-10-5-3-4-9(13(18)19)11(10)16-14(17)20/h3-6,8H,1-2H3,(H,16,20)(H,18,19). The van der Waals surface area contributed by atoms with Crippen LogP contribution in [0, 0.1) is 6.92 Å². The van der Waals surface area contributed by atoms with E-state index in [1.807, 2.05) is 13.8 Å². The predicted molar refractivity (Wildman–Crippen MR) is 80.2 cm³/mol. The van der Waals surface area contributed by atoms with E-state index in [0.29, 0.717) is 11.0 Å². The van der Waals surface area contributed by atoms with E-state index < -0.39 is 5.97 Å². The number of nitrogens with zero attached hydrogens (tertiary/aromatic N) is 2. The van der Waals surface area contributed by atoms with E-state index >= 15 is 0 Å². The van der Waals surface area contributed by atoms with Gasteiger partial charge in [-0.25, -0.2) is 14.6 Å². The van der Waals surface area contributed by atoms with Gasteiger partial charge in [0.2, 0.25) is 0 Å². The van der Waals surface area contributed by atoms with Crippen LogP contribution in [0.3, 0.4) is 0 Å². The fourth-order valence-electron chi connectivity index (χ4n) is 2.39. The van der Waals surface area contributed by atoms with Crippen LogP contribution >= 0.6 is 11.3 Å². The van der Waals surface area contributed by atoms with Crippen molar-refractivity contribution in [2.75, 3.05) is 0 Å². The number of aryl methyl sites for hydroxylation is 1. The lowest BCUT2D eigenvalue weighted by Crippen LogP contribution is -2.21. The topological polar surface area (TPSA) is 88.0 Å². The molecular formula is C14H13N3O3S. The summed E-state index contributed by atoms with van der Waals surface area (Å²) >= 11 is 1.52. The second kappa shape index (κ2) is 4.85. The molecule has 0 radical (unpaired) electrons. The maximum absolute atomic E-state index is 12.2. The van der Waals surface area contributed by atoms with Crippen molar-refractivity contribution in [2.24, 2.45) is 0 Å². The maximum atomic E-state index is 12.2. The number of carboxylic acids is 1. The van der Waals surface area contributed by atoms with E-state index in [2.05, 4.69) is 9.97 Å². The largest absolute Gasteiger partial charge is 0.478 e. The Bertz CT molecular complexity index is 890. The normalized spacial score (nSPS) is 12.7. The van der Waals surface area contributed by atoms with Crippen molar-refractivity contribution >= 4 is 28.3 Å². The minimum absolute atomic E-state index is 0.0888. The van der Waals surface area contributed by atoms with Crippen molar-refractivity contribution in [3.8, 4) is 0 Å². The van der Waals surface area contributed by atoms with Gasteiger partial charge in [-0.1, -0.05) is 6.07 Å². The molecule has 0 saturated heterocycles. The number of carboxylic acid groups (broad SMARTS) is 1. The number of nitrogens with one attached hydrogen (secondary N) is 1. The van der Waals surface area contributed by atoms with Crippen molar-refractivity contribution in [2.45, 2.75) is 19.9 Å². The van der Waals surface area contributed by atoms with Crippen molar-refractivity contribution < 1.29 is 9.90 Å². The quantitative estimate of drug-likeness (QED) is 0.777. The van der Waals surface area contributed by atoms with E-state index in [1.165, 1.54) is 17.4 Å². The molecule has 6 nitrogen and oxygen atoms in total. The van der Waals surface area contributed by atoms with Gasteiger partial charge in [0, 0.05) is 11.1 Å². The molecule has 0 spiro atoms. The molecule has 3 aromatic rings. The first kappa shape index (κ1) is 13.6. The lowest BCUT2D eigenvalue weighted by atomic mass is 10.2. The maximum Gasteiger partial charge on any atom is 0.337 e. The Kier molecular flexibility index (Phi) is 3.13. The number of fused-ring (bicyclic) bond motifs is 1. The van der Waals surface area contributed by atoms with Crippen LogP contribution in [0.2, 0.25) is 0 Å². The number of rotatable bonds is 3. The second-order valence-electron chi connectivity index (χ2n) is 4.79. The summed E-state index contributed by atoms with van der Waals surface area (Å²) in [5.41, 5.74) is 0.667. The van der Waals surface area contributed by atoms with Gasteiger partial charge < -0.3 is 10.1 Å². The van der Waals surface area contributed by atoms with E-state index in [1.54, 1.807) is 22.9 Å².